The van der Waals surface area contributed by atoms with Gasteiger partial charge in [-0.1, -0.05) is 23.2 Å². The molecular formula is C13H10Cl2N4. The molecule has 96 valence electrons. The monoisotopic (exact) mass is 292 g/mol. The molecule has 0 saturated carbocycles. The summed E-state index contributed by atoms with van der Waals surface area (Å²) in [5.74, 6) is 0.676. The molecule has 0 aliphatic heterocycles. The number of rotatable bonds is 1. The summed E-state index contributed by atoms with van der Waals surface area (Å²) in [5.41, 5.74) is 3.29. The van der Waals surface area contributed by atoms with Crippen LogP contribution in [0.25, 0.3) is 22.7 Å². The Kier molecular flexibility index (Phi) is 2.92. The predicted octanol–water partition coefficient (Wildman–Crippen LogP) is 3.65. The normalized spacial score (nSPS) is 11.2. The van der Waals surface area contributed by atoms with Crippen molar-refractivity contribution in [3.8, 4) is 11.5 Å². The molecule has 3 heterocycles. The Balaban J connectivity index is 2.27. The molecule has 0 saturated heterocycles. The van der Waals surface area contributed by atoms with Gasteiger partial charge in [0, 0.05) is 19.4 Å². The number of hydrogen-bond acceptors (Lipinski definition) is 3. The van der Waals surface area contributed by atoms with Crippen molar-refractivity contribution in [2.75, 3.05) is 0 Å². The van der Waals surface area contributed by atoms with Gasteiger partial charge in [0.15, 0.2) is 11.5 Å². The Morgan fingerprint density at radius 2 is 1.89 bits per heavy atom. The number of pyridine rings is 2. The molecule has 0 N–H and O–H groups in total. The number of aromatic nitrogens is 4. The highest BCUT2D eigenvalue weighted by atomic mass is 35.5. The highest BCUT2D eigenvalue weighted by Gasteiger charge is 2.15. The molecule has 0 spiro atoms. The molecule has 0 aliphatic rings. The second kappa shape index (κ2) is 4.47. The molecule has 3 aromatic rings. The lowest BCUT2D eigenvalue weighted by Crippen LogP contribution is -1.96. The van der Waals surface area contributed by atoms with Crippen LogP contribution in [0, 0.1) is 6.92 Å². The summed E-state index contributed by atoms with van der Waals surface area (Å²) in [6.45, 7) is 1.98. The zero-order chi connectivity index (χ0) is 13.6. The van der Waals surface area contributed by atoms with Crippen LogP contribution in [0.3, 0.4) is 0 Å². The maximum Gasteiger partial charge on any atom is 0.162 e. The van der Waals surface area contributed by atoms with E-state index in [0.717, 1.165) is 16.7 Å². The van der Waals surface area contributed by atoms with Gasteiger partial charge in [-0.3, -0.25) is 0 Å². The van der Waals surface area contributed by atoms with Gasteiger partial charge >= 0.3 is 0 Å². The summed E-state index contributed by atoms with van der Waals surface area (Å²) in [4.78, 5) is 13.2. The van der Waals surface area contributed by atoms with E-state index >= 15 is 0 Å². The van der Waals surface area contributed by atoms with Crippen LogP contribution in [0.4, 0.5) is 0 Å². The molecule has 0 amide bonds. The van der Waals surface area contributed by atoms with Crippen molar-refractivity contribution in [1.29, 1.82) is 0 Å². The largest absolute Gasteiger partial charge is 0.310 e. The molecule has 0 radical (unpaired) electrons. The third-order valence-electron chi connectivity index (χ3n) is 2.87. The zero-order valence-electron chi connectivity index (χ0n) is 10.4. The van der Waals surface area contributed by atoms with Crippen LogP contribution in [0.5, 0.6) is 0 Å². The molecule has 3 aromatic heterocycles. The summed E-state index contributed by atoms with van der Waals surface area (Å²) in [7, 11) is 1.89. The number of imidazole rings is 1. The van der Waals surface area contributed by atoms with Crippen LogP contribution < -0.4 is 0 Å². The molecular weight excluding hydrogens is 283 g/mol. The third kappa shape index (κ3) is 2.07. The van der Waals surface area contributed by atoms with Crippen LogP contribution >= 0.6 is 23.2 Å². The van der Waals surface area contributed by atoms with Crippen LogP contribution in [0.1, 0.15) is 5.56 Å². The highest BCUT2D eigenvalue weighted by Crippen LogP contribution is 2.28. The second-order valence-electron chi connectivity index (χ2n) is 4.33. The van der Waals surface area contributed by atoms with E-state index in [1.165, 1.54) is 0 Å². The fourth-order valence-corrected chi connectivity index (χ4v) is 2.43. The van der Waals surface area contributed by atoms with Crippen LogP contribution in [-0.4, -0.2) is 19.5 Å². The molecule has 19 heavy (non-hydrogen) atoms. The molecule has 0 bridgehead atoms. The van der Waals surface area contributed by atoms with E-state index in [0.29, 0.717) is 21.6 Å². The number of aryl methyl sites for hydroxylation is 2. The Hall–Kier alpha value is -1.65. The summed E-state index contributed by atoms with van der Waals surface area (Å²) in [6, 6.07) is 3.64. The van der Waals surface area contributed by atoms with Crippen molar-refractivity contribution in [1.82, 2.24) is 19.5 Å². The number of fused-ring (bicyclic) bond motifs is 1. The van der Waals surface area contributed by atoms with E-state index in [1.807, 2.05) is 30.8 Å². The van der Waals surface area contributed by atoms with E-state index in [2.05, 4.69) is 15.0 Å². The third-order valence-corrected chi connectivity index (χ3v) is 3.36. The van der Waals surface area contributed by atoms with E-state index < -0.39 is 0 Å². The van der Waals surface area contributed by atoms with Crippen molar-refractivity contribution in [2.24, 2.45) is 7.05 Å². The fraction of sp³-hybridized carbons (Fsp3) is 0.154. The molecule has 0 aromatic carbocycles. The number of halogens is 2. The van der Waals surface area contributed by atoms with Gasteiger partial charge in [-0.15, -0.1) is 0 Å². The molecule has 0 aliphatic carbocycles. The van der Waals surface area contributed by atoms with Crippen molar-refractivity contribution in [2.45, 2.75) is 6.92 Å². The average Bonchev–Trinajstić information content (AvgIpc) is 2.66. The first kappa shape index (κ1) is 12.4. The van der Waals surface area contributed by atoms with Gasteiger partial charge < -0.3 is 4.57 Å². The standard InChI is InChI=1S/C13H10Cl2N4/c1-7-3-10-12(17-5-7)19(2)13(18-10)11-9(15)4-8(14)6-16-11/h3-6H,1-2H3. The van der Waals surface area contributed by atoms with Crippen molar-refractivity contribution < 1.29 is 0 Å². The number of hydrogen-bond donors (Lipinski definition) is 0. The predicted molar refractivity (Wildman–Crippen MR) is 76.5 cm³/mol. The van der Waals surface area contributed by atoms with Gasteiger partial charge in [0.2, 0.25) is 0 Å². The smallest absolute Gasteiger partial charge is 0.162 e. The first-order chi connectivity index (χ1) is 9.06. The van der Waals surface area contributed by atoms with E-state index in [4.69, 9.17) is 23.2 Å². The van der Waals surface area contributed by atoms with Crippen LogP contribution in [-0.2, 0) is 7.05 Å². The SMILES string of the molecule is Cc1cnc2c(c1)nc(-c1ncc(Cl)cc1Cl)n2C. The Morgan fingerprint density at radius 1 is 1.11 bits per heavy atom. The van der Waals surface area contributed by atoms with Crippen molar-refractivity contribution in [3.63, 3.8) is 0 Å². The lowest BCUT2D eigenvalue weighted by Gasteiger charge is -2.03. The number of nitrogens with zero attached hydrogens (tertiary/aromatic N) is 4. The fourth-order valence-electron chi connectivity index (χ4n) is 1.97. The molecule has 4 nitrogen and oxygen atoms in total. The molecule has 6 heteroatoms. The summed E-state index contributed by atoms with van der Waals surface area (Å²) < 4.78 is 1.87. The second-order valence-corrected chi connectivity index (χ2v) is 5.18. The lowest BCUT2D eigenvalue weighted by molar-refractivity contribution is 0.934. The highest BCUT2D eigenvalue weighted by molar-refractivity contribution is 6.35. The van der Waals surface area contributed by atoms with E-state index in [9.17, 15) is 0 Å². The zero-order valence-corrected chi connectivity index (χ0v) is 11.9. The van der Waals surface area contributed by atoms with Crippen molar-refractivity contribution >= 4 is 34.4 Å². The first-order valence-electron chi connectivity index (χ1n) is 5.67. The van der Waals surface area contributed by atoms with Gasteiger partial charge in [-0.05, 0) is 24.6 Å². The van der Waals surface area contributed by atoms with Gasteiger partial charge in [0.1, 0.15) is 11.2 Å². The van der Waals surface area contributed by atoms with Gasteiger partial charge in [0.25, 0.3) is 0 Å². The van der Waals surface area contributed by atoms with Gasteiger partial charge in [-0.2, -0.15) is 0 Å². The minimum atomic E-state index is 0.475. The lowest BCUT2D eigenvalue weighted by atomic mass is 10.3. The van der Waals surface area contributed by atoms with Gasteiger partial charge in [0.05, 0.1) is 10.0 Å². The maximum atomic E-state index is 6.17. The maximum absolute atomic E-state index is 6.17. The Morgan fingerprint density at radius 3 is 2.63 bits per heavy atom. The van der Waals surface area contributed by atoms with Crippen molar-refractivity contribution in [3.05, 3.63) is 40.1 Å². The quantitative estimate of drug-likeness (QED) is 0.688. The molecule has 0 atom stereocenters. The van der Waals surface area contributed by atoms with Crippen LogP contribution in [0.15, 0.2) is 24.5 Å². The summed E-state index contributed by atoms with van der Waals surface area (Å²) in [5, 5.41) is 0.976. The Bertz CT molecular complexity index is 780. The molecule has 3 rings (SSSR count). The van der Waals surface area contributed by atoms with E-state index in [-0.39, 0.29) is 0 Å². The van der Waals surface area contributed by atoms with E-state index in [1.54, 1.807) is 12.3 Å². The van der Waals surface area contributed by atoms with Crippen LogP contribution in [0.2, 0.25) is 10.0 Å². The minimum absolute atomic E-state index is 0.475. The Labute approximate surface area is 120 Å². The average molecular weight is 293 g/mol. The topological polar surface area (TPSA) is 43.6 Å². The minimum Gasteiger partial charge on any atom is -0.310 e. The summed E-state index contributed by atoms with van der Waals surface area (Å²) >= 11 is 12.0. The molecule has 0 unspecified atom stereocenters. The summed E-state index contributed by atoms with van der Waals surface area (Å²) in [6.07, 6.45) is 3.37. The van der Waals surface area contributed by atoms with Gasteiger partial charge in [-0.25, -0.2) is 15.0 Å². The molecule has 0 fully saturated rings. The first-order valence-corrected chi connectivity index (χ1v) is 6.42.